The van der Waals surface area contributed by atoms with Crippen molar-refractivity contribution in [3.05, 3.63) is 29.3 Å². The van der Waals surface area contributed by atoms with Gasteiger partial charge in [0.25, 0.3) is 5.56 Å². The Morgan fingerprint density at radius 3 is 2.56 bits per heavy atom. The smallest absolute Gasteiger partial charge is 0.338 e. The zero-order valence-electron chi connectivity index (χ0n) is 22.6. The van der Waals surface area contributed by atoms with Gasteiger partial charge >= 0.3 is 7.60 Å². The van der Waals surface area contributed by atoms with Crippen LogP contribution in [-0.2, 0) is 23.3 Å². The normalized spacial score (nSPS) is 32.6. The van der Waals surface area contributed by atoms with Crippen LogP contribution in [0.4, 0.5) is 16.2 Å². The molecule has 8 N–H and O–H groups in total. The third-order valence-electron chi connectivity index (χ3n) is 7.65. The zero-order valence-corrected chi connectivity index (χ0v) is 23.5. The molecule has 2 aliphatic heterocycles. The summed E-state index contributed by atoms with van der Waals surface area (Å²) in [6.45, 7) is -0.126. The van der Waals surface area contributed by atoms with E-state index >= 15 is 4.39 Å². The molecule has 9 atom stereocenters. The number of methoxy groups -OCH3 is 1. The minimum Gasteiger partial charge on any atom is -0.394 e. The van der Waals surface area contributed by atoms with Crippen LogP contribution in [0.2, 0.25) is 0 Å². The third kappa shape index (κ3) is 4.66. The molecule has 0 saturated carbocycles. The van der Waals surface area contributed by atoms with Crippen molar-refractivity contribution in [1.29, 1.82) is 0 Å². The summed E-state index contributed by atoms with van der Waals surface area (Å²) in [4.78, 5) is 45.8. The van der Waals surface area contributed by atoms with Crippen molar-refractivity contribution < 1.29 is 42.8 Å². The molecule has 0 aliphatic carbocycles. The zero-order chi connectivity index (χ0) is 30.8. The number of rotatable bonds is 8. The Morgan fingerprint density at radius 2 is 1.86 bits per heavy atom. The van der Waals surface area contributed by atoms with Crippen molar-refractivity contribution in [2.45, 2.75) is 55.1 Å². The molecule has 0 radical (unpaired) electrons. The number of nitrogens with two attached hydrogens (primary N) is 2. The van der Waals surface area contributed by atoms with Gasteiger partial charge in [-0.3, -0.25) is 23.5 Å². The molecule has 2 aliphatic rings. The summed E-state index contributed by atoms with van der Waals surface area (Å²) in [6, 6.07) is 0. The molecule has 4 aromatic heterocycles. The van der Waals surface area contributed by atoms with E-state index < -0.39 is 74.6 Å². The van der Waals surface area contributed by atoms with Gasteiger partial charge in [0.2, 0.25) is 5.95 Å². The molecule has 6 heterocycles. The molecule has 0 amide bonds. The Bertz CT molecular complexity index is 1790. The Kier molecular flexibility index (Phi) is 7.21. The first-order chi connectivity index (χ1) is 20.4. The van der Waals surface area contributed by atoms with Crippen LogP contribution >= 0.6 is 7.60 Å². The van der Waals surface area contributed by atoms with Gasteiger partial charge in [-0.05, 0) is 6.92 Å². The lowest BCUT2D eigenvalue weighted by Gasteiger charge is -2.31. The second-order valence-electron chi connectivity index (χ2n) is 10.3. The summed E-state index contributed by atoms with van der Waals surface area (Å²) in [5, 5.41) is 20.9. The number of aromatic nitrogens is 8. The molecular weight excluding hydrogens is 598 g/mol. The van der Waals surface area contributed by atoms with Crippen molar-refractivity contribution in [2.24, 2.45) is 0 Å². The lowest BCUT2D eigenvalue weighted by Crippen LogP contribution is -2.45. The predicted molar refractivity (Wildman–Crippen MR) is 143 cm³/mol. The molecule has 2 unspecified atom stereocenters. The highest BCUT2D eigenvalue weighted by atomic mass is 31.2. The summed E-state index contributed by atoms with van der Waals surface area (Å²) in [5.41, 5.74) is 7.48. The molecular formula is C22H28FN10O9P. The minimum atomic E-state index is -5.01. The highest BCUT2D eigenvalue weighted by molar-refractivity contribution is 7.53. The lowest BCUT2D eigenvalue weighted by molar-refractivity contribution is -0.113. The number of aromatic amines is 1. The number of H-pyrrole nitrogens is 1. The number of fused-ring (bicyclic) bond motifs is 2. The van der Waals surface area contributed by atoms with Crippen molar-refractivity contribution in [1.82, 2.24) is 39.0 Å². The van der Waals surface area contributed by atoms with Crippen molar-refractivity contribution in [3.63, 3.8) is 0 Å². The number of ether oxygens (including phenoxy) is 3. The number of nitrogen functional groups attached to an aromatic ring is 2. The molecule has 2 saturated heterocycles. The van der Waals surface area contributed by atoms with E-state index in [-0.39, 0.29) is 34.1 Å². The Balaban J connectivity index is 1.29. The number of aliphatic hydroxyl groups excluding tert-OH is 2. The largest absolute Gasteiger partial charge is 0.394 e. The van der Waals surface area contributed by atoms with Crippen molar-refractivity contribution in [3.8, 4) is 0 Å². The number of alkyl halides is 1. The predicted octanol–water partition coefficient (Wildman–Crippen LogP) is -1.41. The maximum absolute atomic E-state index is 15.6. The fraction of sp³-hybridized carbons (Fsp3) is 0.545. The van der Waals surface area contributed by atoms with E-state index in [1.54, 1.807) is 0 Å². The van der Waals surface area contributed by atoms with E-state index in [2.05, 4.69) is 29.9 Å². The highest BCUT2D eigenvalue weighted by Crippen LogP contribution is 2.59. The van der Waals surface area contributed by atoms with Gasteiger partial charge in [0.05, 0.1) is 25.9 Å². The van der Waals surface area contributed by atoms with E-state index in [1.807, 2.05) is 0 Å². The number of imidazole rings is 2. The molecule has 4 aromatic rings. The van der Waals surface area contributed by atoms with Gasteiger partial charge in [-0.25, -0.2) is 24.3 Å². The maximum atomic E-state index is 15.6. The van der Waals surface area contributed by atoms with E-state index in [1.165, 1.54) is 31.3 Å². The van der Waals surface area contributed by atoms with Gasteiger partial charge < -0.3 is 45.3 Å². The molecule has 0 bridgehead atoms. The van der Waals surface area contributed by atoms with E-state index in [0.717, 1.165) is 10.9 Å². The Labute approximate surface area is 240 Å². The average Bonchev–Trinajstić information content (AvgIpc) is 3.71. The minimum absolute atomic E-state index is 0.118. The number of hydrogen-bond donors (Lipinski definition) is 6. The first kappa shape index (κ1) is 29.5. The first-order valence-electron chi connectivity index (χ1n) is 12.8. The average molecular weight is 626 g/mol. The van der Waals surface area contributed by atoms with Crippen LogP contribution in [0.1, 0.15) is 19.4 Å². The standard InChI is InChI=1S/C22H28FN10O9P/c1-22(14(35)12(39-2)19(42-22)32-6-28-10-15(24)26-5-27-16(10)32)4-40-43(37,38)13-9(23)8(3-34)41-20(13)33-7-29-11-17(33)30-21(25)31-18(11)36/h5-9,12-14,19-20,34-35H,3-4H2,1-2H3,(H,37,38)(H2,24,26,27)(H3,25,30,31,36)/t8-,9-,12-,13-,14+,19-,20-,22?/m1/s1. The number of aliphatic hydroxyl groups is 2. The van der Waals surface area contributed by atoms with Gasteiger partial charge in [-0.2, -0.15) is 4.98 Å². The van der Waals surface area contributed by atoms with Gasteiger partial charge in [-0.1, -0.05) is 0 Å². The summed E-state index contributed by atoms with van der Waals surface area (Å²) >= 11 is 0. The number of nitrogens with zero attached hydrogens (tertiary/aromatic N) is 7. The van der Waals surface area contributed by atoms with Crippen molar-refractivity contribution in [2.75, 3.05) is 31.8 Å². The number of nitrogens with one attached hydrogen (secondary N) is 1. The first-order valence-corrected chi connectivity index (χ1v) is 14.5. The molecule has 232 valence electrons. The molecule has 2 fully saturated rings. The van der Waals surface area contributed by atoms with Crippen LogP contribution < -0.4 is 17.0 Å². The van der Waals surface area contributed by atoms with Crippen LogP contribution in [0.25, 0.3) is 22.3 Å². The summed E-state index contributed by atoms with van der Waals surface area (Å²) in [6.07, 6.45) is -5.13. The van der Waals surface area contributed by atoms with Gasteiger partial charge in [0, 0.05) is 7.11 Å². The number of halogens is 1. The van der Waals surface area contributed by atoms with Gasteiger partial charge in [0.1, 0.15) is 47.6 Å². The van der Waals surface area contributed by atoms with Crippen LogP contribution in [0.5, 0.6) is 0 Å². The maximum Gasteiger partial charge on any atom is 0.338 e. The quantitative estimate of drug-likeness (QED) is 0.122. The molecule has 0 spiro atoms. The highest BCUT2D eigenvalue weighted by Gasteiger charge is 2.59. The molecule has 21 heteroatoms. The van der Waals surface area contributed by atoms with Crippen LogP contribution in [0.3, 0.4) is 0 Å². The summed E-state index contributed by atoms with van der Waals surface area (Å²) < 4.78 is 54.5. The monoisotopic (exact) mass is 626 g/mol. The molecule has 6 rings (SSSR count). The topological polar surface area (TPSA) is 274 Å². The fourth-order valence-corrected chi connectivity index (χ4v) is 7.12. The Morgan fingerprint density at radius 1 is 1.16 bits per heavy atom. The van der Waals surface area contributed by atoms with Gasteiger partial charge in [-0.15, -0.1) is 0 Å². The number of anilines is 2. The number of hydrogen-bond acceptors (Lipinski definition) is 15. The fourth-order valence-electron chi connectivity index (χ4n) is 5.41. The molecule has 0 aromatic carbocycles. The second kappa shape index (κ2) is 10.5. The summed E-state index contributed by atoms with van der Waals surface area (Å²) in [7, 11) is -3.68. The van der Waals surface area contributed by atoms with Crippen LogP contribution in [0.15, 0.2) is 23.8 Å². The van der Waals surface area contributed by atoms with Crippen LogP contribution in [0, 0.1) is 0 Å². The second-order valence-corrected chi connectivity index (χ2v) is 12.3. The molecule has 19 nitrogen and oxygen atoms in total. The SMILES string of the molecule is CO[C@H]1[C@H](n2cnc3c(N)ncnc32)OC(C)(COP(=O)(O)[C@@H]2[C@H](F)[C@@H](CO)O[C@H]2n2cnc3c(=O)[nH]c(N)nc32)[C@H]1O. The lowest BCUT2D eigenvalue weighted by atomic mass is 9.98. The van der Waals surface area contributed by atoms with E-state index in [0.29, 0.717) is 0 Å². The van der Waals surface area contributed by atoms with Crippen molar-refractivity contribution >= 4 is 41.7 Å². The summed E-state index contributed by atoms with van der Waals surface area (Å²) in [5.74, 6) is -0.165. The Hall–Kier alpha value is -3.62. The third-order valence-corrected chi connectivity index (χ3v) is 9.44. The van der Waals surface area contributed by atoms with E-state index in [4.69, 9.17) is 30.2 Å². The van der Waals surface area contributed by atoms with Crippen LogP contribution in [-0.4, -0.2) is 110 Å². The van der Waals surface area contributed by atoms with Gasteiger partial charge in [0.15, 0.2) is 35.1 Å². The van der Waals surface area contributed by atoms with E-state index in [9.17, 15) is 24.5 Å². The molecule has 43 heavy (non-hydrogen) atoms.